The van der Waals surface area contributed by atoms with Crippen molar-refractivity contribution in [1.29, 1.82) is 5.26 Å². The Bertz CT molecular complexity index is 1120. The van der Waals surface area contributed by atoms with E-state index in [0.717, 1.165) is 6.20 Å². The lowest BCUT2D eigenvalue weighted by molar-refractivity contribution is -0.385. The molecule has 144 valence electrons. The zero-order valence-corrected chi connectivity index (χ0v) is 15.2. The molecule has 1 aromatic heterocycles. The molecule has 1 heterocycles. The second-order valence-electron chi connectivity index (χ2n) is 5.77. The van der Waals surface area contributed by atoms with Crippen molar-refractivity contribution >= 4 is 17.3 Å². The molecule has 0 N–H and O–H groups in total. The smallest absolute Gasteiger partial charge is 0.287 e. The summed E-state index contributed by atoms with van der Waals surface area (Å²) in [5.74, 6) is 0.345. The predicted molar refractivity (Wildman–Crippen MR) is 104 cm³/mol. The summed E-state index contributed by atoms with van der Waals surface area (Å²) in [5.41, 5.74) is 0.813. The van der Waals surface area contributed by atoms with Gasteiger partial charge in [0.25, 0.3) is 5.69 Å². The highest BCUT2D eigenvalue weighted by Gasteiger charge is 2.11. The maximum absolute atomic E-state index is 14.0. The molecule has 0 saturated heterocycles. The largest absolute Gasteiger partial charge is 0.493 e. The van der Waals surface area contributed by atoms with Crippen molar-refractivity contribution in [1.82, 2.24) is 4.98 Å². The van der Waals surface area contributed by atoms with Crippen molar-refractivity contribution in [2.24, 2.45) is 0 Å². The van der Waals surface area contributed by atoms with E-state index in [1.54, 1.807) is 30.3 Å². The first-order chi connectivity index (χ1) is 14.0. The summed E-state index contributed by atoms with van der Waals surface area (Å²) in [5, 5.41) is 20.1. The fourth-order valence-corrected chi connectivity index (χ4v) is 2.53. The minimum absolute atomic E-state index is 0.151. The lowest BCUT2D eigenvalue weighted by atomic mass is 10.0. The number of methoxy groups -OCH3 is 1. The number of pyridine rings is 1. The zero-order valence-electron chi connectivity index (χ0n) is 15.2. The van der Waals surface area contributed by atoms with Gasteiger partial charge in [0.2, 0.25) is 5.88 Å². The van der Waals surface area contributed by atoms with Crippen molar-refractivity contribution in [3.05, 3.63) is 87.9 Å². The highest BCUT2D eigenvalue weighted by atomic mass is 19.1. The number of rotatable bonds is 6. The number of ether oxygens (including phenoxy) is 2. The van der Waals surface area contributed by atoms with Gasteiger partial charge in [-0.15, -0.1) is 0 Å². The molecule has 0 atom stereocenters. The molecule has 0 unspecified atom stereocenters. The lowest BCUT2D eigenvalue weighted by Gasteiger charge is -2.10. The Hall–Kier alpha value is -4.25. The minimum atomic E-state index is -0.555. The monoisotopic (exact) mass is 391 g/mol. The van der Waals surface area contributed by atoms with E-state index < -0.39 is 10.7 Å². The van der Waals surface area contributed by atoms with Crippen molar-refractivity contribution in [2.45, 2.75) is 0 Å². The third-order valence-corrected chi connectivity index (χ3v) is 3.93. The first-order valence-corrected chi connectivity index (χ1v) is 8.35. The van der Waals surface area contributed by atoms with Crippen LogP contribution in [0.25, 0.3) is 11.6 Å². The molecule has 0 radical (unpaired) electrons. The molecule has 0 aliphatic heterocycles. The summed E-state index contributed by atoms with van der Waals surface area (Å²) < 4.78 is 24.9. The van der Waals surface area contributed by atoms with Crippen molar-refractivity contribution in [2.75, 3.05) is 7.11 Å². The van der Waals surface area contributed by atoms with E-state index in [2.05, 4.69) is 4.98 Å². The number of hydrogen-bond acceptors (Lipinski definition) is 6. The Morgan fingerprint density at radius 2 is 2.00 bits per heavy atom. The predicted octanol–water partition coefficient (Wildman–Crippen LogP) is 4.99. The van der Waals surface area contributed by atoms with E-state index in [0.29, 0.717) is 17.1 Å². The molecule has 0 spiro atoms. The fraction of sp³-hybridized carbons (Fsp3) is 0.0476. The van der Waals surface area contributed by atoms with Crippen LogP contribution in [0.5, 0.6) is 17.4 Å². The van der Waals surface area contributed by atoms with Gasteiger partial charge < -0.3 is 9.47 Å². The zero-order chi connectivity index (χ0) is 20.8. The van der Waals surface area contributed by atoms with Gasteiger partial charge in [-0.1, -0.05) is 24.3 Å². The number of hydrogen-bond donors (Lipinski definition) is 0. The average Bonchev–Trinajstić information content (AvgIpc) is 2.74. The van der Waals surface area contributed by atoms with Crippen LogP contribution in [0.2, 0.25) is 0 Å². The van der Waals surface area contributed by atoms with Crippen molar-refractivity contribution < 1.29 is 18.8 Å². The topological polar surface area (TPSA) is 98.3 Å². The van der Waals surface area contributed by atoms with Crippen LogP contribution >= 0.6 is 0 Å². The number of allylic oxidation sites excluding steroid dienone is 1. The summed E-state index contributed by atoms with van der Waals surface area (Å²) in [6, 6.07) is 15.6. The van der Waals surface area contributed by atoms with Crippen LogP contribution in [0.1, 0.15) is 11.1 Å². The number of nitriles is 1. The van der Waals surface area contributed by atoms with E-state index in [9.17, 15) is 19.8 Å². The molecule has 2 aromatic carbocycles. The van der Waals surface area contributed by atoms with Gasteiger partial charge in [-0.3, -0.25) is 10.1 Å². The molecular weight excluding hydrogens is 377 g/mol. The number of nitrogens with zero attached hydrogens (tertiary/aromatic N) is 3. The minimum Gasteiger partial charge on any atom is -0.493 e. The quantitative estimate of drug-likeness (QED) is 0.254. The third-order valence-electron chi connectivity index (χ3n) is 3.93. The maximum Gasteiger partial charge on any atom is 0.287 e. The molecule has 8 heteroatoms. The van der Waals surface area contributed by atoms with Crippen LogP contribution in [0.15, 0.2) is 60.8 Å². The Kier molecular flexibility index (Phi) is 5.80. The van der Waals surface area contributed by atoms with Crippen molar-refractivity contribution in [3.63, 3.8) is 0 Å². The number of aromatic nitrogens is 1. The average molecular weight is 391 g/mol. The van der Waals surface area contributed by atoms with Gasteiger partial charge in [0.15, 0.2) is 11.5 Å². The molecule has 7 nitrogen and oxygen atoms in total. The molecule has 0 saturated carbocycles. The van der Waals surface area contributed by atoms with Crippen LogP contribution in [0, 0.1) is 27.3 Å². The number of halogens is 1. The van der Waals surface area contributed by atoms with Gasteiger partial charge >= 0.3 is 0 Å². The standard InChI is InChI=1S/C21H14FN3O4/c1-28-20-11-14(10-15(12-23)17-4-2-3-5-18(17)22)6-8-19(20)29-21-9-7-16(13-24-21)25(26)27/h2-11,13H,1H3. The first-order valence-electron chi connectivity index (χ1n) is 8.35. The molecular formula is C21H14FN3O4. The summed E-state index contributed by atoms with van der Waals surface area (Å²) in [7, 11) is 1.45. The highest BCUT2D eigenvalue weighted by molar-refractivity contribution is 5.90. The summed E-state index contributed by atoms with van der Waals surface area (Å²) in [6.07, 6.45) is 2.63. The second-order valence-corrected chi connectivity index (χ2v) is 5.77. The van der Waals surface area contributed by atoms with Gasteiger partial charge in [-0.2, -0.15) is 5.26 Å². The van der Waals surface area contributed by atoms with Crippen molar-refractivity contribution in [3.8, 4) is 23.4 Å². The van der Waals surface area contributed by atoms with Gasteiger partial charge in [-0.05, 0) is 29.8 Å². The Labute approximate surface area is 165 Å². The summed E-state index contributed by atoms with van der Waals surface area (Å²) in [4.78, 5) is 14.0. The summed E-state index contributed by atoms with van der Waals surface area (Å²) >= 11 is 0. The number of nitro groups is 1. The molecule has 0 amide bonds. The highest BCUT2D eigenvalue weighted by Crippen LogP contribution is 2.33. The molecule has 0 fully saturated rings. The van der Waals surface area contributed by atoms with E-state index in [1.165, 1.54) is 37.5 Å². The normalized spacial score (nSPS) is 10.9. The van der Waals surface area contributed by atoms with E-state index in [1.807, 2.05) is 6.07 Å². The SMILES string of the molecule is COc1cc(C=C(C#N)c2ccccc2F)ccc1Oc1ccc([N+](=O)[O-])cn1. The first kappa shape index (κ1) is 19.5. The molecule has 0 aliphatic rings. The van der Waals surface area contributed by atoms with E-state index in [-0.39, 0.29) is 22.7 Å². The van der Waals surface area contributed by atoms with E-state index >= 15 is 0 Å². The Morgan fingerprint density at radius 1 is 1.21 bits per heavy atom. The molecule has 29 heavy (non-hydrogen) atoms. The molecule has 0 bridgehead atoms. The second kappa shape index (κ2) is 8.63. The summed E-state index contributed by atoms with van der Waals surface area (Å²) in [6.45, 7) is 0. The van der Waals surface area contributed by atoms with Gasteiger partial charge in [-0.25, -0.2) is 9.37 Å². The van der Waals surface area contributed by atoms with Crippen LogP contribution < -0.4 is 9.47 Å². The molecule has 3 aromatic rings. The van der Waals surface area contributed by atoms with Gasteiger partial charge in [0.1, 0.15) is 12.0 Å². The van der Waals surface area contributed by atoms with Crippen LogP contribution in [0.3, 0.4) is 0 Å². The van der Waals surface area contributed by atoms with Gasteiger partial charge in [0, 0.05) is 17.7 Å². The fourth-order valence-electron chi connectivity index (χ4n) is 2.53. The molecule has 0 aliphatic carbocycles. The van der Waals surface area contributed by atoms with Gasteiger partial charge in [0.05, 0.1) is 23.7 Å². The Morgan fingerprint density at radius 3 is 2.62 bits per heavy atom. The van der Waals surface area contributed by atoms with E-state index in [4.69, 9.17) is 9.47 Å². The Balaban J connectivity index is 1.89. The maximum atomic E-state index is 14.0. The molecule has 3 rings (SSSR count). The lowest BCUT2D eigenvalue weighted by Crippen LogP contribution is -1.94. The van der Waals surface area contributed by atoms with Crippen LogP contribution in [0.4, 0.5) is 10.1 Å². The number of benzene rings is 2. The van der Waals surface area contributed by atoms with Crippen LogP contribution in [-0.2, 0) is 0 Å². The third kappa shape index (κ3) is 4.54. The van der Waals surface area contributed by atoms with Crippen LogP contribution in [-0.4, -0.2) is 17.0 Å².